The number of Topliss-reactive ketones (excluding diaryl/α,β-unsaturated/α-hetero) is 1. The highest BCUT2D eigenvalue weighted by molar-refractivity contribution is 6.27. The zero-order valence-corrected chi connectivity index (χ0v) is 9.59. The first-order valence-electron chi connectivity index (χ1n) is 4.68. The fourth-order valence-electron chi connectivity index (χ4n) is 1.35. The molecule has 4 nitrogen and oxygen atoms in total. The molecular weight excluding hydrogens is 275 g/mol. The summed E-state index contributed by atoms with van der Waals surface area (Å²) in [6.45, 7) is 0. The van der Waals surface area contributed by atoms with Crippen LogP contribution >= 0.6 is 11.6 Å². The zero-order chi connectivity index (χ0) is 13.9. The molecule has 98 valence electrons. The molecule has 0 fully saturated rings. The Kier molecular flexibility index (Phi) is 4.28. The molecule has 8 heteroatoms. The summed E-state index contributed by atoms with van der Waals surface area (Å²) in [5, 5.41) is 10.5. The van der Waals surface area contributed by atoms with Crippen molar-refractivity contribution in [3.8, 4) is 0 Å². The van der Waals surface area contributed by atoms with E-state index in [0.29, 0.717) is 6.07 Å². The van der Waals surface area contributed by atoms with Crippen molar-refractivity contribution in [3.05, 3.63) is 39.4 Å². The topological polar surface area (TPSA) is 60.2 Å². The smallest absolute Gasteiger partial charge is 0.298 e. The Hall–Kier alpha value is -1.63. The van der Waals surface area contributed by atoms with Gasteiger partial charge in [-0.25, -0.2) is 0 Å². The Morgan fingerprint density at radius 2 is 2.00 bits per heavy atom. The Balaban J connectivity index is 3.22. The van der Waals surface area contributed by atoms with Gasteiger partial charge in [0.15, 0.2) is 5.78 Å². The molecule has 0 atom stereocenters. The SMILES string of the molecule is O=C(CCl)Cc1ccc([N+](=O)[O-])c(C(F)(F)F)c1. The molecule has 0 saturated heterocycles. The molecule has 1 aromatic rings. The summed E-state index contributed by atoms with van der Waals surface area (Å²) >= 11 is 5.23. The highest BCUT2D eigenvalue weighted by Crippen LogP contribution is 2.36. The second kappa shape index (κ2) is 5.34. The van der Waals surface area contributed by atoms with Crippen molar-refractivity contribution in [2.45, 2.75) is 12.6 Å². The van der Waals surface area contributed by atoms with Crippen molar-refractivity contribution < 1.29 is 22.9 Å². The number of hydrogen-bond acceptors (Lipinski definition) is 3. The molecule has 0 aliphatic heterocycles. The number of nitro groups is 1. The van der Waals surface area contributed by atoms with E-state index in [-0.39, 0.29) is 17.9 Å². The Bertz CT molecular complexity index is 488. The van der Waals surface area contributed by atoms with E-state index >= 15 is 0 Å². The fourth-order valence-corrected chi connectivity index (χ4v) is 1.45. The lowest BCUT2D eigenvalue weighted by molar-refractivity contribution is -0.388. The molecule has 0 bridgehead atoms. The van der Waals surface area contributed by atoms with Crippen LogP contribution in [0.15, 0.2) is 18.2 Å². The van der Waals surface area contributed by atoms with Gasteiger partial charge in [-0.15, -0.1) is 11.6 Å². The summed E-state index contributed by atoms with van der Waals surface area (Å²) in [6, 6.07) is 2.44. The fraction of sp³-hybridized carbons (Fsp3) is 0.300. The zero-order valence-electron chi connectivity index (χ0n) is 8.83. The Morgan fingerprint density at radius 1 is 1.39 bits per heavy atom. The van der Waals surface area contributed by atoms with E-state index in [0.717, 1.165) is 12.1 Å². The number of hydrogen-bond donors (Lipinski definition) is 0. The van der Waals surface area contributed by atoms with E-state index in [9.17, 15) is 28.1 Å². The van der Waals surface area contributed by atoms with Crippen molar-refractivity contribution in [3.63, 3.8) is 0 Å². The van der Waals surface area contributed by atoms with Crippen molar-refractivity contribution in [2.75, 3.05) is 5.88 Å². The van der Waals surface area contributed by atoms with Gasteiger partial charge in [-0.2, -0.15) is 13.2 Å². The van der Waals surface area contributed by atoms with E-state index in [1.54, 1.807) is 0 Å². The standard InChI is InChI=1S/C10H7ClF3NO3/c11-5-7(16)3-6-1-2-9(15(17)18)8(4-6)10(12,13)14/h1-2,4H,3,5H2. The summed E-state index contributed by atoms with van der Waals surface area (Å²) in [4.78, 5) is 20.4. The molecule has 1 aromatic carbocycles. The van der Waals surface area contributed by atoms with Crippen molar-refractivity contribution in [2.24, 2.45) is 0 Å². The highest BCUT2D eigenvalue weighted by Gasteiger charge is 2.38. The molecule has 0 aliphatic rings. The summed E-state index contributed by atoms with van der Waals surface area (Å²) in [5.41, 5.74) is -2.37. The van der Waals surface area contributed by atoms with Gasteiger partial charge in [0, 0.05) is 12.5 Å². The van der Waals surface area contributed by atoms with Gasteiger partial charge >= 0.3 is 6.18 Å². The lowest BCUT2D eigenvalue weighted by Gasteiger charge is -2.09. The Labute approximate surface area is 105 Å². The number of halogens is 4. The average Bonchev–Trinajstić information content (AvgIpc) is 2.27. The number of carbonyl (C=O) groups excluding carboxylic acids is 1. The summed E-state index contributed by atoms with van der Waals surface area (Å²) in [5.74, 6) is -0.781. The Morgan fingerprint density at radius 3 is 2.44 bits per heavy atom. The van der Waals surface area contributed by atoms with E-state index in [1.165, 1.54) is 0 Å². The molecule has 1 rings (SSSR count). The van der Waals surface area contributed by atoms with Gasteiger partial charge in [-0.05, 0) is 11.6 Å². The predicted molar refractivity (Wildman–Crippen MR) is 57.5 cm³/mol. The molecule has 0 amide bonds. The van der Waals surface area contributed by atoms with Gasteiger partial charge in [0.05, 0.1) is 10.8 Å². The number of rotatable bonds is 4. The number of benzene rings is 1. The van der Waals surface area contributed by atoms with Crippen LogP contribution in [0.2, 0.25) is 0 Å². The van der Waals surface area contributed by atoms with Crippen molar-refractivity contribution in [1.29, 1.82) is 0 Å². The minimum atomic E-state index is -4.84. The maximum atomic E-state index is 12.6. The molecule has 0 aromatic heterocycles. The maximum absolute atomic E-state index is 12.6. The van der Waals surface area contributed by atoms with Crippen LogP contribution in [-0.2, 0) is 17.4 Å². The van der Waals surface area contributed by atoms with Crippen LogP contribution in [0.1, 0.15) is 11.1 Å². The lowest BCUT2D eigenvalue weighted by Crippen LogP contribution is -2.11. The third-order valence-corrected chi connectivity index (χ3v) is 2.41. The number of nitrogens with zero attached hydrogens (tertiary/aromatic N) is 1. The van der Waals surface area contributed by atoms with Crippen LogP contribution in [-0.4, -0.2) is 16.6 Å². The molecular formula is C10H7ClF3NO3. The van der Waals surface area contributed by atoms with Gasteiger partial charge in [-0.3, -0.25) is 14.9 Å². The normalized spacial score (nSPS) is 11.3. The van der Waals surface area contributed by atoms with E-state index < -0.39 is 28.1 Å². The van der Waals surface area contributed by atoms with Crippen LogP contribution in [0.25, 0.3) is 0 Å². The van der Waals surface area contributed by atoms with Gasteiger partial charge < -0.3 is 0 Å². The van der Waals surface area contributed by atoms with Crippen LogP contribution in [0, 0.1) is 10.1 Å². The second-order valence-electron chi connectivity index (χ2n) is 3.46. The van der Waals surface area contributed by atoms with Crippen molar-refractivity contribution in [1.82, 2.24) is 0 Å². The highest BCUT2D eigenvalue weighted by atomic mass is 35.5. The third-order valence-electron chi connectivity index (χ3n) is 2.11. The number of ketones is 1. The maximum Gasteiger partial charge on any atom is 0.423 e. The third kappa shape index (κ3) is 3.43. The van der Waals surface area contributed by atoms with Crippen molar-refractivity contribution >= 4 is 23.1 Å². The van der Waals surface area contributed by atoms with Gasteiger partial charge in [-0.1, -0.05) is 6.07 Å². The largest absolute Gasteiger partial charge is 0.423 e. The number of alkyl halides is 4. The molecule has 0 aliphatic carbocycles. The molecule has 0 N–H and O–H groups in total. The molecule has 0 heterocycles. The average molecular weight is 282 g/mol. The summed E-state index contributed by atoms with van der Waals surface area (Å²) in [7, 11) is 0. The van der Waals surface area contributed by atoms with Crippen LogP contribution in [0.4, 0.5) is 18.9 Å². The molecule has 18 heavy (non-hydrogen) atoms. The summed E-state index contributed by atoms with van der Waals surface area (Å²) < 4.78 is 37.8. The molecule has 0 unspecified atom stereocenters. The first-order valence-corrected chi connectivity index (χ1v) is 5.21. The molecule has 0 spiro atoms. The van der Waals surface area contributed by atoms with E-state index in [2.05, 4.69) is 0 Å². The first kappa shape index (κ1) is 14.4. The summed E-state index contributed by atoms with van der Waals surface area (Å²) in [6.07, 6.45) is -5.13. The minimum absolute atomic E-state index is 0.0403. The van der Waals surface area contributed by atoms with Crippen LogP contribution < -0.4 is 0 Å². The first-order chi connectivity index (χ1) is 8.25. The van der Waals surface area contributed by atoms with Gasteiger partial charge in [0.1, 0.15) is 5.56 Å². The van der Waals surface area contributed by atoms with Crippen LogP contribution in [0.3, 0.4) is 0 Å². The lowest BCUT2D eigenvalue weighted by atomic mass is 10.0. The van der Waals surface area contributed by atoms with Crippen LogP contribution in [0.5, 0.6) is 0 Å². The quantitative estimate of drug-likeness (QED) is 0.484. The monoisotopic (exact) mass is 281 g/mol. The molecule has 0 radical (unpaired) electrons. The number of carbonyl (C=O) groups is 1. The van der Waals surface area contributed by atoms with E-state index in [4.69, 9.17) is 11.6 Å². The molecule has 0 saturated carbocycles. The van der Waals surface area contributed by atoms with Gasteiger partial charge in [0.25, 0.3) is 5.69 Å². The minimum Gasteiger partial charge on any atom is -0.298 e. The van der Waals surface area contributed by atoms with Gasteiger partial charge in [0.2, 0.25) is 0 Å². The van der Waals surface area contributed by atoms with E-state index in [1.807, 2.05) is 0 Å². The number of nitro benzene ring substituents is 1. The second-order valence-corrected chi connectivity index (χ2v) is 3.72. The predicted octanol–water partition coefficient (Wildman–Crippen LogP) is 2.96.